The van der Waals surface area contributed by atoms with Crippen LogP contribution in [0.2, 0.25) is 0 Å². The van der Waals surface area contributed by atoms with Crippen molar-refractivity contribution >= 4 is 17.6 Å². The van der Waals surface area contributed by atoms with Gasteiger partial charge in [-0.1, -0.05) is 13.8 Å². The van der Waals surface area contributed by atoms with E-state index >= 15 is 0 Å². The highest BCUT2D eigenvalue weighted by Gasteiger charge is 2.00. The second kappa shape index (κ2) is 8.83. The van der Waals surface area contributed by atoms with Crippen LogP contribution >= 0.6 is 11.3 Å². The second-order valence-electron chi connectivity index (χ2n) is 6.54. The van der Waals surface area contributed by atoms with Crippen LogP contribution in [-0.2, 0) is 0 Å². The van der Waals surface area contributed by atoms with Crippen LogP contribution in [0.25, 0.3) is 0 Å². The fourth-order valence-corrected chi connectivity index (χ4v) is 2.96. The number of hydrogen-bond donors (Lipinski definition) is 0. The molecule has 0 aliphatic heterocycles. The van der Waals surface area contributed by atoms with Crippen molar-refractivity contribution in [2.75, 3.05) is 6.61 Å². The van der Waals surface area contributed by atoms with Gasteiger partial charge in [0.15, 0.2) is 0 Å². The van der Waals surface area contributed by atoms with Gasteiger partial charge < -0.3 is 4.74 Å². The normalized spacial score (nSPS) is 12.7. The van der Waals surface area contributed by atoms with E-state index in [1.54, 1.807) is 11.3 Å². The summed E-state index contributed by atoms with van der Waals surface area (Å²) in [4.78, 5) is 5.53. The third-order valence-corrected chi connectivity index (χ3v) is 4.33. The maximum absolute atomic E-state index is 5.74. The molecule has 0 saturated heterocycles. The summed E-state index contributed by atoms with van der Waals surface area (Å²) in [5.41, 5.74) is 2.13. The van der Waals surface area contributed by atoms with Crippen LogP contribution in [-0.4, -0.2) is 23.5 Å². The summed E-state index contributed by atoms with van der Waals surface area (Å²) in [7, 11) is 0. The molecule has 0 unspecified atom stereocenters. The Morgan fingerprint density at radius 3 is 2.50 bits per heavy atom. The first-order chi connectivity index (χ1) is 11.5. The molecule has 0 radical (unpaired) electrons. The maximum Gasteiger partial charge on any atom is 0.206 e. The molecule has 0 saturated carbocycles. The molecule has 0 bridgehead atoms. The van der Waals surface area contributed by atoms with E-state index in [2.05, 4.69) is 43.2 Å². The molecule has 2 aromatic rings. The molecular formula is C19H27N3OS. The van der Waals surface area contributed by atoms with Gasteiger partial charge >= 0.3 is 0 Å². The Morgan fingerprint density at radius 1 is 1.17 bits per heavy atom. The molecule has 24 heavy (non-hydrogen) atoms. The smallest absolute Gasteiger partial charge is 0.206 e. The molecule has 0 amide bonds. The van der Waals surface area contributed by atoms with Gasteiger partial charge in [-0.15, -0.1) is 11.3 Å². The highest BCUT2D eigenvalue weighted by Crippen LogP contribution is 2.12. The Balaban J connectivity index is 2.06. The minimum atomic E-state index is 0.256. The minimum Gasteiger partial charge on any atom is -0.494 e. The van der Waals surface area contributed by atoms with Crippen LogP contribution in [0.3, 0.4) is 0 Å². The third kappa shape index (κ3) is 5.64. The molecule has 1 heterocycles. The fourth-order valence-electron chi connectivity index (χ4n) is 2.02. The van der Waals surface area contributed by atoms with Gasteiger partial charge in [0.05, 0.1) is 18.5 Å². The van der Waals surface area contributed by atoms with E-state index in [1.165, 1.54) is 0 Å². The van der Waals surface area contributed by atoms with Crippen molar-refractivity contribution in [2.45, 2.75) is 47.1 Å². The summed E-state index contributed by atoms with van der Waals surface area (Å²) in [6.45, 7) is 11.3. The standard InChI is InChI=1S/C19H27N3OS/c1-14(2)10-11-23-18-8-6-17(7-9-18)12-20-22-16(5)13-24-19(22)21-15(3)4/h6-9,12-15H,10-11H2,1-5H3. The van der Waals surface area contributed by atoms with Gasteiger partial charge in [-0.3, -0.25) is 4.99 Å². The van der Waals surface area contributed by atoms with Crippen LogP contribution in [0, 0.1) is 12.8 Å². The van der Waals surface area contributed by atoms with E-state index in [1.807, 2.05) is 42.1 Å². The third-order valence-electron chi connectivity index (χ3n) is 3.39. The molecule has 130 valence electrons. The lowest BCUT2D eigenvalue weighted by Crippen LogP contribution is -2.14. The number of rotatable bonds is 7. The Hall–Kier alpha value is -1.88. The molecule has 1 aromatic carbocycles. The predicted octanol–water partition coefficient (Wildman–Crippen LogP) is 4.47. The first-order valence-electron chi connectivity index (χ1n) is 8.44. The molecule has 0 spiro atoms. The van der Waals surface area contributed by atoms with Gasteiger partial charge in [0.2, 0.25) is 4.80 Å². The highest BCUT2D eigenvalue weighted by atomic mass is 32.1. The van der Waals surface area contributed by atoms with Crippen LogP contribution in [0.15, 0.2) is 39.7 Å². The fraction of sp³-hybridized carbons (Fsp3) is 0.474. The Morgan fingerprint density at radius 2 is 1.88 bits per heavy atom. The van der Waals surface area contributed by atoms with Gasteiger partial charge in [0.25, 0.3) is 0 Å². The summed E-state index contributed by atoms with van der Waals surface area (Å²) in [5, 5.41) is 6.65. The Bertz CT molecular complexity index is 724. The maximum atomic E-state index is 5.74. The second-order valence-corrected chi connectivity index (χ2v) is 7.38. The number of hydrogen-bond acceptors (Lipinski definition) is 4. The lowest BCUT2D eigenvalue weighted by molar-refractivity contribution is 0.289. The number of aromatic nitrogens is 1. The Labute approximate surface area is 148 Å². The molecule has 0 N–H and O–H groups in total. The van der Waals surface area contributed by atoms with Crippen LogP contribution in [0.4, 0.5) is 0 Å². The van der Waals surface area contributed by atoms with E-state index in [4.69, 9.17) is 4.74 Å². The predicted molar refractivity (Wildman–Crippen MR) is 102 cm³/mol. The first-order valence-corrected chi connectivity index (χ1v) is 9.32. The van der Waals surface area contributed by atoms with Crippen molar-refractivity contribution in [3.8, 4) is 5.75 Å². The summed E-state index contributed by atoms with van der Waals surface area (Å²) in [6, 6.07) is 8.29. The topological polar surface area (TPSA) is 38.9 Å². The molecule has 0 atom stereocenters. The van der Waals surface area contributed by atoms with Crippen LogP contribution in [0.5, 0.6) is 5.75 Å². The quantitative estimate of drug-likeness (QED) is 0.682. The summed E-state index contributed by atoms with van der Waals surface area (Å²) >= 11 is 1.62. The zero-order chi connectivity index (χ0) is 17.5. The van der Waals surface area contributed by atoms with Crippen LogP contribution in [0.1, 0.15) is 45.4 Å². The first kappa shape index (κ1) is 18.5. The average Bonchev–Trinajstić information content (AvgIpc) is 2.86. The zero-order valence-corrected chi connectivity index (χ0v) is 16.0. The largest absolute Gasteiger partial charge is 0.494 e. The van der Waals surface area contributed by atoms with E-state index < -0.39 is 0 Å². The van der Waals surface area contributed by atoms with Gasteiger partial charge in [-0.05, 0) is 62.9 Å². The van der Waals surface area contributed by atoms with Gasteiger partial charge in [-0.2, -0.15) is 5.10 Å². The van der Waals surface area contributed by atoms with Gasteiger partial charge in [0.1, 0.15) is 5.75 Å². The molecule has 0 fully saturated rings. The number of benzene rings is 1. The van der Waals surface area contributed by atoms with Crippen molar-refractivity contribution in [1.82, 2.24) is 4.68 Å². The van der Waals surface area contributed by atoms with Gasteiger partial charge in [0, 0.05) is 11.4 Å². The number of thiazole rings is 1. The molecule has 5 heteroatoms. The van der Waals surface area contributed by atoms with Crippen molar-refractivity contribution in [3.05, 3.63) is 45.7 Å². The molecular weight excluding hydrogens is 318 g/mol. The van der Waals surface area contributed by atoms with Crippen molar-refractivity contribution in [3.63, 3.8) is 0 Å². The lowest BCUT2D eigenvalue weighted by Gasteiger charge is -2.08. The highest BCUT2D eigenvalue weighted by molar-refractivity contribution is 7.07. The SMILES string of the molecule is Cc1csc(=NC(C)C)n1N=Cc1ccc(OCCC(C)C)cc1. The molecule has 0 aliphatic carbocycles. The van der Waals surface area contributed by atoms with Gasteiger partial charge in [-0.25, -0.2) is 4.68 Å². The summed E-state index contributed by atoms with van der Waals surface area (Å²) in [6.07, 6.45) is 2.93. The van der Waals surface area contributed by atoms with Crippen molar-refractivity contribution in [1.29, 1.82) is 0 Å². The van der Waals surface area contributed by atoms with Crippen LogP contribution < -0.4 is 9.54 Å². The molecule has 2 rings (SSSR count). The van der Waals surface area contributed by atoms with Crippen molar-refractivity contribution in [2.24, 2.45) is 16.0 Å². The lowest BCUT2D eigenvalue weighted by atomic mass is 10.1. The number of nitrogens with zero attached hydrogens (tertiary/aromatic N) is 3. The molecule has 1 aromatic heterocycles. The molecule has 4 nitrogen and oxygen atoms in total. The number of ether oxygens (including phenoxy) is 1. The monoisotopic (exact) mass is 345 g/mol. The van der Waals surface area contributed by atoms with E-state index in [0.29, 0.717) is 5.92 Å². The summed E-state index contributed by atoms with van der Waals surface area (Å²) < 4.78 is 7.63. The summed E-state index contributed by atoms with van der Waals surface area (Å²) in [5.74, 6) is 1.57. The van der Waals surface area contributed by atoms with Crippen molar-refractivity contribution < 1.29 is 4.74 Å². The van der Waals surface area contributed by atoms with E-state index in [9.17, 15) is 0 Å². The Kier molecular flexibility index (Phi) is 6.79. The molecule has 0 aliphatic rings. The van der Waals surface area contributed by atoms with E-state index in [0.717, 1.165) is 34.8 Å². The zero-order valence-electron chi connectivity index (χ0n) is 15.2. The number of aryl methyl sites for hydroxylation is 1. The average molecular weight is 346 g/mol. The minimum absolute atomic E-state index is 0.256. The van der Waals surface area contributed by atoms with E-state index in [-0.39, 0.29) is 6.04 Å².